The van der Waals surface area contributed by atoms with Gasteiger partial charge >= 0.3 is 0 Å². The van der Waals surface area contributed by atoms with E-state index in [1.165, 1.54) is 26.1 Å². The fraction of sp³-hybridized carbons (Fsp3) is 0.304. The highest BCUT2D eigenvalue weighted by Gasteiger charge is 2.14. The maximum absolute atomic E-state index is 10.0. The van der Waals surface area contributed by atoms with Crippen molar-refractivity contribution < 1.29 is 9.84 Å². The molecule has 0 aliphatic rings. The van der Waals surface area contributed by atoms with Crippen LogP contribution >= 0.6 is 11.8 Å². The number of methoxy groups -OCH3 is 1. The van der Waals surface area contributed by atoms with Crippen molar-refractivity contribution in [2.45, 2.75) is 48.5 Å². The average molecular weight is 367 g/mol. The number of hydrogen-bond acceptors (Lipinski definition) is 3. The van der Waals surface area contributed by atoms with Crippen molar-refractivity contribution in [3.8, 4) is 5.75 Å². The third-order valence-corrected chi connectivity index (χ3v) is 5.65. The molecule has 0 unspecified atom stereocenters. The molecular weight excluding hydrogens is 340 g/mol. The third-order valence-electron chi connectivity index (χ3n) is 4.46. The molecule has 0 aliphatic heterocycles. The first-order valence-corrected chi connectivity index (χ1v) is 9.83. The van der Waals surface area contributed by atoms with Gasteiger partial charge in [-0.15, -0.1) is 0 Å². The fourth-order valence-electron chi connectivity index (χ4n) is 3.08. The Balaban J connectivity index is 2.00. The summed E-state index contributed by atoms with van der Waals surface area (Å²) < 4.78 is 5.45. The van der Waals surface area contributed by atoms with Crippen LogP contribution in [0.25, 0.3) is 10.8 Å². The van der Waals surface area contributed by atoms with Crippen molar-refractivity contribution in [3.05, 3.63) is 66.2 Å². The van der Waals surface area contributed by atoms with Gasteiger partial charge in [-0.3, -0.25) is 0 Å². The topological polar surface area (TPSA) is 29.5 Å². The van der Waals surface area contributed by atoms with Crippen LogP contribution in [0.5, 0.6) is 5.75 Å². The van der Waals surface area contributed by atoms with E-state index in [-0.39, 0.29) is 0 Å². The van der Waals surface area contributed by atoms with E-state index in [4.69, 9.17) is 4.74 Å². The Morgan fingerprint density at radius 2 is 1.73 bits per heavy atom. The lowest BCUT2D eigenvalue weighted by Gasteiger charge is -2.18. The molecule has 3 rings (SSSR count). The van der Waals surface area contributed by atoms with Gasteiger partial charge in [0, 0.05) is 9.79 Å². The summed E-state index contributed by atoms with van der Waals surface area (Å²) in [7, 11) is 1.71. The molecule has 0 saturated heterocycles. The predicted molar refractivity (Wildman–Crippen MR) is 110 cm³/mol. The first kappa shape index (κ1) is 18.8. The molecule has 2 nitrogen and oxygen atoms in total. The Kier molecular flexibility index (Phi) is 5.90. The number of rotatable bonds is 7. The van der Waals surface area contributed by atoms with Gasteiger partial charge in [-0.05, 0) is 73.7 Å². The predicted octanol–water partition coefficient (Wildman–Crippen LogP) is 6.09. The highest BCUT2D eigenvalue weighted by atomic mass is 32.2. The number of benzene rings is 3. The Labute approximate surface area is 160 Å². The molecule has 3 heteroatoms. The van der Waals surface area contributed by atoms with Crippen LogP contribution in [0.4, 0.5) is 0 Å². The largest absolute Gasteiger partial charge is 0.497 e. The number of aryl methyl sites for hydroxylation is 1. The molecule has 0 radical (unpaired) electrons. The number of hydrogen-bond donors (Lipinski definition) is 1. The van der Waals surface area contributed by atoms with Gasteiger partial charge in [-0.1, -0.05) is 48.2 Å². The molecular formula is C23H26O2S. The highest BCUT2D eigenvalue weighted by molar-refractivity contribution is 7.99. The van der Waals surface area contributed by atoms with Crippen LogP contribution in [-0.2, 0) is 6.42 Å². The van der Waals surface area contributed by atoms with E-state index >= 15 is 0 Å². The smallest absolute Gasteiger partial charge is 0.119 e. The van der Waals surface area contributed by atoms with Crippen LogP contribution in [0, 0.1) is 0 Å². The minimum Gasteiger partial charge on any atom is -0.497 e. The van der Waals surface area contributed by atoms with E-state index in [1.54, 1.807) is 18.9 Å². The first-order valence-electron chi connectivity index (χ1n) is 9.01. The summed E-state index contributed by atoms with van der Waals surface area (Å²) in [5.74, 6) is 0.876. The van der Waals surface area contributed by atoms with Crippen LogP contribution < -0.4 is 4.74 Å². The summed E-state index contributed by atoms with van der Waals surface area (Å²) in [6.45, 7) is 3.75. The molecule has 3 aromatic carbocycles. The van der Waals surface area contributed by atoms with Gasteiger partial charge in [0.2, 0.25) is 0 Å². The van der Waals surface area contributed by atoms with Gasteiger partial charge in [0.15, 0.2) is 0 Å². The molecule has 0 fully saturated rings. The number of ether oxygens (including phenoxy) is 1. The van der Waals surface area contributed by atoms with Crippen molar-refractivity contribution in [1.29, 1.82) is 0 Å². The minimum absolute atomic E-state index is 0.618. The van der Waals surface area contributed by atoms with Gasteiger partial charge in [0.1, 0.15) is 5.75 Å². The van der Waals surface area contributed by atoms with E-state index in [0.717, 1.165) is 25.0 Å². The lowest BCUT2D eigenvalue weighted by atomic mass is 9.97. The molecule has 136 valence electrons. The van der Waals surface area contributed by atoms with E-state index in [9.17, 15) is 5.11 Å². The third kappa shape index (κ3) is 4.80. The summed E-state index contributed by atoms with van der Waals surface area (Å²) in [6, 6.07) is 21.1. The van der Waals surface area contributed by atoms with Gasteiger partial charge in [0.05, 0.1) is 12.7 Å². The van der Waals surface area contributed by atoms with Gasteiger partial charge in [0.25, 0.3) is 0 Å². The lowest BCUT2D eigenvalue weighted by Crippen LogP contribution is -2.18. The summed E-state index contributed by atoms with van der Waals surface area (Å²) in [6.07, 6.45) is 2.70. The summed E-state index contributed by atoms with van der Waals surface area (Å²) in [4.78, 5) is 2.51. The Hall–Kier alpha value is -1.97. The molecule has 0 heterocycles. The monoisotopic (exact) mass is 366 g/mol. The highest BCUT2D eigenvalue weighted by Crippen LogP contribution is 2.38. The molecule has 26 heavy (non-hydrogen) atoms. The van der Waals surface area contributed by atoms with Crippen LogP contribution in [0.15, 0.2) is 70.5 Å². The van der Waals surface area contributed by atoms with E-state index in [1.807, 2.05) is 26.0 Å². The van der Waals surface area contributed by atoms with Gasteiger partial charge in [-0.2, -0.15) is 0 Å². The molecule has 0 saturated carbocycles. The van der Waals surface area contributed by atoms with Crippen LogP contribution in [0.2, 0.25) is 0 Å². The van der Waals surface area contributed by atoms with Crippen molar-refractivity contribution >= 4 is 22.5 Å². The molecule has 0 bridgehead atoms. The summed E-state index contributed by atoms with van der Waals surface area (Å²) >= 11 is 1.80. The maximum atomic E-state index is 10.0. The first-order chi connectivity index (χ1) is 12.5. The van der Waals surface area contributed by atoms with Crippen molar-refractivity contribution in [1.82, 2.24) is 0 Å². The Morgan fingerprint density at radius 3 is 2.42 bits per heavy atom. The zero-order chi connectivity index (χ0) is 18.6. The maximum Gasteiger partial charge on any atom is 0.119 e. The minimum atomic E-state index is -0.618. The number of aliphatic hydroxyl groups is 1. The molecule has 1 N–H and O–H groups in total. The quantitative estimate of drug-likeness (QED) is 0.548. The molecule has 0 amide bonds. The molecule has 0 aromatic heterocycles. The standard InChI is InChI=1S/C23H26O2S/c1-23(2,24)15-7-8-18-12-11-17-13-14-19(25-3)16-21(17)22(18)26-20-9-5-4-6-10-20/h4-6,9-14,16,24H,7-8,15H2,1-3H3. The van der Waals surface area contributed by atoms with Crippen molar-refractivity contribution in [3.63, 3.8) is 0 Å². The van der Waals surface area contributed by atoms with Gasteiger partial charge in [-0.25, -0.2) is 0 Å². The van der Waals surface area contributed by atoms with Crippen LogP contribution in [-0.4, -0.2) is 17.8 Å². The second kappa shape index (κ2) is 8.15. The lowest BCUT2D eigenvalue weighted by molar-refractivity contribution is 0.0689. The normalized spacial score (nSPS) is 11.7. The number of fused-ring (bicyclic) bond motifs is 1. The van der Waals surface area contributed by atoms with Crippen LogP contribution in [0.3, 0.4) is 0 Å². The van der Waals surface area contributed by atoms with E-state index in [0.29, 0.717) is 0 Å². The zero-order valence-electron chi connectivity index (χ0n) is 15.7. The SMILES string of the molecule is COc1ccc2ccc(CCCC(C)(C)O)c(Sc3ccccc3)c2c1. The second-order valence-corrected chi connectivity index (χ2v) is 8.31. The summed E-state index contributed by atoms with van der Waals surface area (Å²) in [5, 5.41) is 12.5. The zero-order valence-corrected chi connectivity index (χ0v) is 16.5. The molecule has 3 aromatic rings. The van der Waals surface area contributed by atoms with E-state index in [2.05, 4.69) is 48.5 Å². The Bertz CT molecular complexity index is 867. The van der Waals surface area contributed by atoms with E-state index < -0.39 is 5.60 Å². The second-order valence-electron chi connectivity index (χ2n) is 7.22. The van der Waals surface area contributed by atoms with Crippen molar-refractivity contribution in [2.75, 3.05) is 7.11 Å². The molecule has 0 aliphatic carbocycles. The average Bonchev–Trinajstić information content (AvgIpc) is 2.63. The van der Waals surface area contributed by atoms with Crippen molar-refractivity contribution in [2.24, 2.45) is 0 Å². The molecule has 0 spiro atoms. The van der Waals surface area contributed by atoms with Gasteiger partial charge < -0.3 is 9.84 Å². The Morgan fingerprint density at radius 1 is 1.00 bits per heavy atom. The van der Waals surface area contributed by atoms with Crippen LogP contribution in [0.1, 0.15) is 32.3 Å². The fourth-order valence-corrected chi connectivity index (χ4v) is 4.20. The summed E-state index contributed by atoms with van der Waals surface area (Å²) in [5.41, 5.74) is 0.705. The molecule has 0 atom stereocenters.